The molecule has 0 unspecified atom stereocenters. The first-order chi connectivity index (χ1) is 12.8. The summed E-state index contributed by atoms with van der Waals surface area (Å²) >= 11 is 4.81. The lowest BCUT2D eigenvalue weighted by atomic mass is 10.1. The molecule has 1 heterocycles. The Kier molecular flexibility index (Phi) is 6.01. The summed E-state index contributed by atoms with van der Waals surface area (Å²) in [4.78, 5) is 12.4. The number of aromatic nitrogens is 3. The molecular formula is C20H21BrN4OS. The number of amides is 1. The number of nitrogens with zero attached hydrogens (tertiary/aromatic N) is 3. The van der Waals surface area contributed by atoms with Crippen molar-refractivity contribution in [3.63, 3.8) is 0 Å². The van der Waals surface area contributed by atoms with Gasteiger partial charge in [-0.3, -0.25) is 9.36 Å². The van der Waals surface area contributed by atoms with Gasteiger partial charge >= 0.3 is 0 Å². The quantitative estimate of drug-likeness (QED) is 0.562. The highest BCUT2D eigenvalue weighted by Crippen LogP contribution is 2.26. The van der Waals surface area contributed by atoms with Gasteiger partial charge in [0.05, 0.1) is 11.4 Å². The molecule has 0 atom stereocenters. The third kappa shape index (κ3) is 4.59. The maximum Gasteiger partial charge on any atom is 0.234 e. The number of benzene rings is 2. The van der Waals surface area contributed by atoms with Crippen LogP contribution in [-0.4, -0.2) is 26.4 Å². The molecule has 0 aliphatic heterocycles. The molecule has 3 rings (SSSR count). The fourth-order valence-corrected chi connectivity index (χ4v) is 3.87. The van der Waals surface area contributed by atoms with Gasteiger partial charge in [-0.05, 0) is 62.6 Å². The molecule has 0 bridgehead atoms. The van der Waals surface area contributed by atoms with E-state index in [1.807, 2.05) is 36.6 Å². The second-order valence-corrected chi connectivity index (χ2v) is 8.31. The van der Waals surface area contributed by atoms with Crippen molar-refractivity contribution in [1.82, 2.24) is 14.8 Å². The van der Waals surface area contributed by atoms with Crippen molar-refractivity contribution in [2.75, 3.05) is 11.1 Å². The third-order valence-electron chi connectivity index (χ3n) is 4.21. The predicted molar refractivity (Wildman–Crippen MR) is 114 cm³/mol. The maximum absolute atomic E-state index is 12.4. The average Bonchev–Trinajstić information content (AvgIpc) is 2.99. The number of thioether (sulfide) groups is 1. The van der Waals surface area contributed by atoms with Gasteiger partial charge in [-0.25, -0.2) is 0 Å². The zero-order valence-electron chi connectivity index (χ0n) is 15.7. The van der Waals surface area contributed by atoms with Crippen molar-refractivity contribution in [3.05, 3.63) is 63.4 Å². The molecule has 0 fully saturated rings. The van der Waals surface area contributed by atoms with Crippen LogP contribution >= 0.6 is 27.7 Å². The summed E-state index contributed by atoms with van der Waals surface area (Å²) < 4.78 is 2.94. The highest BCUT2D eigenvalue weighted by Gasteiger charge is 2.15. The van der Waals surface area contributed by atoms with Gasteiger partial charge in [-0.15, -0.1) is 10.2 Å². The first kappa shape index (κ1) is 19.6. The molecule has 2 aromatic carbocycles. The Bertz CT molecular complexity index is 1000. The van der Waals surface area contributed by atoms with E-state index < -0.39 is 0 Å². The molecule has 7 heteroatoms. The van der Waals surface area contributed by atoms with Gasteiger partial charge in [0.2, 0.25) is 5.91 Å². The van der Waals surface area contributed by atoms with Crippen molar-refractivity contribution in [2.45, 2.75) is 32.9 Å². The molecule has 3 aromatic rings. The van der Waals surface area contributed by atoms with Crippen molar-refractivity contribution in [1.29, 1.82) is 0 Å². The highest BCUT2D eigenvalue weighted by molar-refractivity contribution is 9.10. The lowest BCUT2D eigenvalue weighted by Crippen LogP contribution is -2.15. The Morgan fingerprint density at radius 3 is 2.59 bits per heavy atom. The molecular weight excluding hydrogens is 424 g/mol. The lowest BCUT2D eigenvalue weighted by Gasteiger charge is -2.12. The number of hydrogen-bond donors (Lipinski definition) is 1. The van der Waals surface area contributed by atoms with Crippen molar-refractivity contribution in [2.24, 2.45) is 0 Å². The number of carbonyl (C=O) groups excluding carboxylic acids is 1. The molecule has 5 nitrogen and oxygen atoms in total. The number of nitrogens with one attached hydrogen (secondary N) is 1. The van der Waals surface area contributed by atoms with Crippen LogP contribution in [0.5, 0.6) is 0 Å². The Morgan fingerprint density at radius 1 is 1.07 bits per heavy atom. The first-order valence-corrected chi connectivity index (χ1v) is 10.3. The first-order valence-electron chi connectivity index (χ1n) is 8.53. The summed E-state index contributed by atoms with van der Waals surface area (Å²) in [5.41, 5.74) is 5.18. The second-order valence-electron chi connectivity index (χ2n) is 6.45. The summed E-state index contributed by atoms with van der Waals surface area (Å²) in [5.74, 6) is 0.985. The van der Waals surface area contributed by atoms with E-state index in [0.29, 0.717) is 5.16 Å². The van der Waals surface area contributed by atoms with Gasteiger partial charge in [0.1, 0.15) is 5.82 Å². The molecule has 0 aliphatic rings. The Labute approximate surface area is 171 Å². The Balaban J connectivity index is 1.76. The van der Waals surface area contributed by atoms with E-state index in [1.54, 1.807) is 0 Å². The number of halogens is 1. The molecule has 0 saturated heterocycles. The average molecular weight is 445 g/mol. The fraction of sp³-hybridized carbons (Fsp3) is 0.250. The minimum Gasteiger partial charge on any atom is -0.325 e. The highest BCUT2D eigenvalue weighted by atomic mass is 79.9. The van der Waals surface area contributed by atoms with Gasteiger partial charge in [0, 0.05) is 10.2 Å². The van der Waals surface area contributed by atoms with E-state index in [1.165, 1.54) is 17.3 Å². The van der Waals surface area contributed by atoms with Crippen LogP contribution in [0.15, 0.2) is 46.0 Å². The molecule has 0 saturated carbocycles. The predicted octanol–water partition coefficient (Wildman–Crippen LogP) is 4.99. The summed E-state index contributed by atoms with van der Waals surface area (Å²) in [6.07, 6.45) is 0. The van der Waals surface area contributed by atoms with Crippen molar-refractivity contribution >= 4 is 39.3 Å². The number of rotatable bonds is 5. The van der Waals surface area contributed by atoms with E-state index >= 15 is 0 Å². The van der Waals surface area contributed by atoms with E-state index in [4.69, 9.17) is 0 Å². The lowest BCUT2D eigenvalue weighted by molar-refractivity contribution is -0.113. The molecule has 140 valence electrons. The molecule has 27 heavy (non-hydrogen) atoms. The van der Waals surface area contributed by atoms with Gasteiger partial charge in [0.25, 0.3) is 0 Å². The van der Waals surface area contributed by atoms with Gasteiger partial charge < -0.3 is 5.32 Å². The molecule has 0 spiro atoms. The van der Waals surface area contributed by atoms with E-state index in [2.05, 4.69) is 63.5 Å². The van der Waals surface area contributed by atoms with Crippen molar-refractivity contribution in [3.8, 4) is 5.69 Å². The molecule has 0 radical (unpaired) electrons. The van der Waals surface area contributed by atoms with Crippen LogP contribution in [0.2, 0.25) is 0 Å². The van der Waals surface area contributed by atoms with Gasteiger partial charge in [-0.2, -0.15) is 0 Å². The summed E-state index contributed by atoms with van der Waals surface area (Å²) in [6.45, 7) is 8.01. The monoisotopic (exact) mass is 444 g/mol. The zero-order chi connectivity index (χ0) is 19.6. The number of aryl methyl sites for hydroxylation is 4. The second kappa shape index (κ2) is 8.27. The zero-order valence-corrected chi connectivity index (χ0v) is 18.1. The van der Waals surface area contributed by atoms with E-state index in [0.717, 1.165) is 32.8 Å². The number of anilines is 1. The normalized spacial score (nSPS) is 10.9. The fourth-order valence-electron chi connectivity index (χ4n) is 2.72. The van der Waals surface area contributed by atoms with E-state index in [-0.39, 0.29) is 11.7 Å². The number of carbonyl (C=O) groups is 1. The van der Waals surface area contributed by atoms with Crippen LogP contribution < -0.4 is 5.32 Å². The van der Waals surface area contributed by atoms with E-state index in [9.17, 15) is 4.79 Å². The minimum absolute atomic E-state index is 0.0747. The smallest absolute Gasteiger partial charge is 0.234 e. The Hall–Kier alpha value is -2.12. The largest absolute Gasteiger partial charge is 0.325 e. The van der Waals surface area contributed by atoms with Crippen LogP contribution in [0, 0.1) is 27.7 Å². The van der Waals surface area contributed by atoms with Crippen LogP contribution in [0.1, 0.15) is 22.5 Å². The third-order valence-corrected chi connectivity index (χ3v) is 5.63. The van der Waals surface area contributed by atoms with Crippen LogP contribution in [0.25, 0.3) is 5.69 Å². The number of hydrogen-bond acceptors (Lipinski definition) is 4. The summed E-state index contributed by atoms with van der Waals surface area (Å²) in [6, 6.07) is 12.1. The van der Waals surface area contributed by atoms with Crippen molar-refractivity contribution < 1.29 is 4.79 Å². The Morgan fingerprint density at radius 2 is 1.81 bits per heavy atom. The van der Waals surface area contributed by atoms with Crippen LogP contribution in [0.3, 0.4) is 0 Å². The van der Waals surface area contributed by atoms with Gasteiger partial charge in [0.15, 0.2) is 5.16 Å². The van der Waals surface area contributed by atoms with Gasteiger partial charge in [-0.1, -0.05) is 45.9 Å². The molecule has 1 amide bonds. The van der Waals surface area contributed by atoms with Crippen LogP contribution in [-0.2, 0) is 4.79 Å². The summed E-state index contributed by atoms with van der Waals surface area (Å²) in [5, 5.41) is 12.1. The molecule has 0 aliphatic carbocycles. The van der Waals surface area contributed by atoms with Crippen LogP contribution in [0.4, 0.5) is 5.69 Å². The molecule has 1 N–H and O–H groups in total. The molecule has 1 aromatic heterocycles. The maximum atomic E-state index is 12.4. The summed E-state index contributed by atoms with van der Waals surface area (Å²) in [7, 11) is 0. The standard InChI is InChI=1S/C20H21BrN4OS/c1-12-5-6-14(3)18(9-12)25-15(4)23-24-20(25)27-11-19(26)22-17-10-16(21)8-7-13(17)2/h5-10H,11H2,1-4H3,(H,22,26). The minimum atomic E-state index is -0.0747. The topological polar surface area (TPSA) is 59.8 Å². The SMILES string of the molecule is Cc1ccc(C)c(-n2c(C)nnc2SCC(=O)Nc2cc(Br)ccc2C)c1.